The molecule has 2 aromatic carbocycles. The first-order valence-corrected chi connectivity index (χ1v) is 9.86. The number of nitrogens with zero attached hydrogens (tertiary/aromatic N) is 1. The molecule has 0 saturated carbocycles. The SMILES string of the molecule is COC(=O)/C=C/c1ccc(CN2CCCC(c3c[nH]c4ccccc34)C2)cc1. The van der Waals surface area contributed by atoms with Crippen molar-refractivity contribution < 1.29 is 9.53 Å². The summed E-state index contributed by atoms with van der Waals surface area (Å²) in [7, 11) is 1.39. The molecule has 4 heteroatoms. The van der Waals surface area contributed by atoms with Gasteiger partial charge in [0.1, 0.15) is 0 Å². The van der Waals surface area contributed by atoms with Crippen molar-refractivity contribution in [2.45, 2.75) is 25.3 Å². The number of para-hydroxylation sites is 1. The summed E-state index contributed by atoms with van der Waals surface area (Å²) in [6.07, 6.45) is 7.90. The number of piperidine rings is 1. The number of hydrogen-bond donors (Lipinski definition) is 1. The van der Waals surface area contributed by atoms with E-state index in [1.807, 2.05) is 0 Å². The third kappa shape index (κ3) is 4.18. The molecule has 144 valence electrons. The van der Waals surface area contributed by atoms with E-state index in [4.69, 9.17) is 0 Å². The standard InChI is InChI=1S/C24H26N2O2/c1-28-24(27)13-12-18-8-10-19(11-9-18)16-26-14-4-5-20(17-26)22-15-25-23-7-3-2-6-21(22)23/h2-3,6-13,15,20,25H,4-5,14,16-17H2,1H3/b13-12+. The van der Waals surface area contributed by atoms with Gasteiger partial charge in [-0.2, -0.15) is 0 Å². The van der Waals surface area contributed by atoms with Crippen molar-refractivity contribution in [3.63, 3.8) is 0 Å². The van der Waals surface area contributed by atoms with E-state index < -0.39 is 0 Å². The van der Waals surface area contributed by atoms with E-state index >= 15 is 0 Å². The fraction of sp³-hybridized carbons (Fsp3) is 0.292. The van der Waals surface area contributed by atoms with E-state index in [2.05, 4.69) is 69.3 Å². The molecule has 1 saturated heterocycles. The second kappa shape index (κ2) is 8.44. The summed E-state index contributed by atoms with van der Waals surface area (Å²) in [5.41, 5.74) is 4.98. The van der Waals surface area contributed by atoms with Gasteiger partial charge in [0.05, 0.1) is 7.11 Å². The molecule has 0 bridgehead atoms. The highest BCUT2D eigenvalue weighted by atomic mass is 16.5. The molecule has 1 aliphatic heterocycles. The summed E-state index contributed by atoms with van der Waals surface area (Å²) >= 11 is 0. The number of esters is 1. The maximum Gasteiger partial charge on any atom is 0.330 e. The van der Waals surface area contributed by atoms with Crippen LogP contribution >= 0.6 is 0 Å². The van der Waals surface area contributed by atoms with Gasteiger partial charge in [-0.15, -0.1) is 0 Å². The minimum absolute atomic E-state index is 0.333. The van der Waals surface area contributed by atoms with Gasteiger partial charge in [0.2, 0.25) is 0 Å². The Hall–Kier alpha value is -2.85. The zero-order chi connectivity index (χ0) is 19.3. The molecule has 3 aromatic rings. The number of likely N-dealkylation sites (tertiary alicyclic amines) is 1. The second-order valence-corrected chi connectivity index (χ2v) is 7.46. The number of carbonyl (C=O) groups excluding carboxylic acids is 1. The van der Waals surface area contributed by atoms with Crippen LogP contribution in [-0.4, -0.2) is 36.1 Å². The number of benzene rings is 2. The summed E-state index contributed by atoms with van der Waals surface area (Å²) in [4.78, 5) is 17.2. The topological polar surface area (TPSA) is 45.3 Å². The van der Waals surface area contributed by atoms with E-state index in [-0.39, 0.29) is 5.97 Å². The molecule has 4 rings (SSSR count). The van der Waals surface area contributed by atoms with Crippen LogP contribution in [0.4, 0.5) is 0 Å². The predicted octanol–water partition coefficient (Wildman–Crippen LogP) is 4.73. The molecule has 1 N–H and O–H groups in total. The van der Waals surface area contributed by atoms with Crippen molar-refractivity contribution in [2.75, 3.05) is 20.2 Å². The number of aromatic amines is 1. The van der Waals surface area contributed by atoms with Gasteiger partial charge in [0.25, 0.3) is 0 Å². The highest BCUT2D eigenvalue weighted by Gasteiger charge is 2.23. The van der Waals surface area contributed by atoms with Gasteiger partial charge >= 0.3 is 5.97 Å². The Kier molecular flexibility index (Phi) is 5.58. The van der Waals surface area contributed by atoms with Crippen LogP contribution in [0, 0.1) is 0 Å². The van der Waals surface area contributed by atoms with Gasteiger partial charge in [-0.25, -0.2) is 4.79 Å². The number of carbonyl (C=O) groups is 1. The molecule has 1 aliphatic rings. The third-order valence-electron chi connectivity index (χ3n) is 5.57. The monoisotopic (exact) mass is 374 g/mol. The number of methoxy groups -OCH3 is 1. The molecule has 0 amide bonds. The maximum absolute atomic E-state index is 11.2. The highest BCUT2D eigenvalue weighted by Crippen LogP contribution is 2.32. The van der Waals surface area contributed by atoms with Gasteiger partial charge in [-0.05, 0) is 54.1 Å². The largest absolute Gasteiger partial charge is 0.466 e. The van der Waals surface area contributed by atoms with E-state index in [0.29, 0.717) is 5.92 Å². The van der Waals surface area contributed by atoms with Gasteiger partial charge in [0.15, 0.2) is 0 Å². The summed E-state index contributed by atoms with van der Waals surface area (Å²) in [6, 6.07) is 17.0. The van der Waals surface area contributed by atoms with Crippen molar-refractivity contribution in [1.29, 1.82) is 0 Å². The van der Waals surface area contributed by atoms with Crippen LogP contribution in [0.3, 0.4) is 0 Å². The van der Waals surface area contributed by atoms with E-state index in [9.17, 15) is 4.79 Å². The summed E-state index contributed by atoms with van der Waals surface area (Å²) in [5.74, 6) is 0.243. The molecular weight excluding hydrogens is 348 g/mol. The number of rotatable bonds is 5. The first kappa shape index (κ1) is 18.5. The Labute approximate surface area is 165 Å². The fourth-order valence-electron chi connectivity index (χ4n) is 4.11. The maximum atomic E-state index is 11.2. The zero-order valence-corrected chi connectivity index (χ0v) is 16.2. The molecule has 0 radical (unpaired) electrons. The minimum Gasteiger partial charge on any atom is -0.466 e. The van der Waals surface area contributed by atoms with Crippen LogP contribution in [0.5, 0.6) is 0 Å². The Morgan fingerprint density at radius 2 is 2.04 bits per heavy atom. The number of aromatic nitrogens is 1. The summed E-state index contributed by atoms with van der Waals surface area (Å²) in [6.45, 7) is 3.19. The van der Waals surface area contributed by atoms with E-state index in [0.717, 1.165) is 25.2 Å². The first-order valence-electron chi connectivity index (χ1n) is 9.86. The fourth-order valence-corrected chi connectivity index (χ4v) is 4.11. The number of H-pyrrole nitrogens is 1. The van der Waals surface area contributed by atoms with Gasteiger partial charge in [0, 0.05) is 36.3 Å². The minimum atomic E-state index is -0.333. The molecule has 0 spiro atoms. The Balaban J connectivity index is 1.41. The normalized spacial score (nSPS) is 18.0. The predicted molar refractivity (Wildman–Crippen MR) is 113 cm³/mol. The lowest BCUT2D eigenvalue weighted by molar-refractivity contribution is -0.134. The molecule has 0 aliphatic carbocycles. The van der Waals surface area contributed by atoms with Crippen LogP contribution in [0.2, 0.25) is 0 Å². The average Bonchev–Trinajstić information content (AvgIpc) is 3.17. The van der Waals surface area contributed by atoms with Crippen molar-refractivity contribution in [2.24, 2.45) is 0 Å². The zero-order valence-electron chi connectivity index (χ0n) is 16.2. The molecule has 4 nitrogen and oxygen atoms in total. The first-order chi connectivity index (χ1) is 13.7. The molecule has 1 aromatic heterocycles. The van der Waals surface area contributed by atoms with Crippen molar-refractivity contribution in [3.8, 4) is 0 Å². The van der Waals surface area contributed by atoms with Crippen LogP contribution < -0.4 is 0 Å². The molecular formula is C24H26N2O2. The van der Waals surface area contributed by atoms with Crippen LogP contribution in [0.15, 0.2) is 60.8 Å². The molecule has 1 atom stereocenters. The Morgan fingerprint density at radius 1 is 1.21 bits per heavy atom. The van der Waals surface area contributed by atoms with Crippen LogP contribution in [-0.2, 0) is 16.1 Å². The molecule has 1 unspecified atom stereocenters. The smallest absolute Gasteiger partial charge is 0.330 e. The van der Waals surface area contributed by atoms with Crippen molar-refractivity contribution in [1.82, 2.24) is 9.88 Å². The lowest BCUT2D eigenvalue weighted by Gasteiger charge is -2.32. The average molecular weight is 374 g/mol. The lowest BCUT2D eigenvalue weighted by atomic mass is 9.90. The van der Waals surface area contributed by atoms with Crippen molar-refractivity contribution >= 4 is 22.9 Å². The van der Waals surface area contributed by atoms with Gasteiger partial charge in [-0.3, -0.25) is 4.90 Å². The quantitative estimate of drug-likeness (QED) is 0.518. The molecule has 1 fully saturated rings. The van der Waals surface area contributed by atoms with E-state index in [1.54, 1.807) is 6.08 Å². The number of hydrogen-bond acceptors (Lipinski definition) is 3. The molecule has 2 heterocycles. The highest BCUT2D eigenvalue weighted by molar-refractivity contribution is 5.87. The van der Waals surface area contributed by atoms with Crippen molar-refractivity contribution in [3.05, 3.63) is 77.5 Å². The Morgan fingerprint density at radius 3 is 2.86 bits per heavy atom. The van der Waals surface area contributed by atoms with Gasteiger partial charge < -0.3 is 9.72 Å². The summed E-state index contributed by atoms with van der Waals surface area (Å²) in [5, 5.41) is 1.36. The van der Waals surface area contributed by atoms with Crippen LogP contribution in [0.25, 0.3) is 17.0 Å². The summed E-state index contributed by atoms with van der Waals surface area (Å²) < 4.78 is 4.63. The lowest BCUT2D eigenvalue weighted by Crippen LogP contribution is -2.33. The number of fused-ring (bicyclic) bond motifs is 1. The van der Waals surface area contributed by atoms with Gasteiger partial charge in [-0.1, -0.05) is 42.5 Å². The van der Waals surface area contributed by atoms with Crippen LogP contribution in [0.1, 0.15) is 35.4 Å². The molecule has 28 heavy (non-hydrogen) atoms. The Bertz CT molecular complexity index is 972. The third-order valence-corrected chi connectivity index (χ3v) is 5.57. The van der Waals surface area contributed by atoms with E-state index in [1.165, 1.54) is 48.1 Å². The number of ether oxygens (including phenoxy) is 1. The number of nitrogens with one attached hydrogen (secondary N) is 1. The second-order valence-electron chi connectivity index (χ2n) is 7.46.